The van der Waals surface area contributed by atoms with Crippen LogP contribution in [0.1, 0.15) is 43.9 Å². The van der Waals surface area contributed by atoms with E-state index >= 15 is 0 Å². The van der Waals surface area contributed by atoms with E-state index in [4.69, 9.17) is 16.0 Å². The van der Waals surface area contributed by atoms with Crippen LogP contribution in [-0.2, 0) is 12.7 Å². The van der Waals surface area contributed by atoms with Gasteiger partial charge in [-0.25, -0.2) is 0 Å². The molecule has 9 heteroatoms. The second-order valence-corrected chi connectivity index (χ2v) is 8.54. The maximum absolute atomic E-state index is 14.0. The lowest BCUT2D eigenvalue weighted by Gasteiger charge is -2.35. The molecule has 0 bridgehead atoms. The van der Waals surface area contributed by atoms with Crippen LogP contribution in [0.4, 0.5) is 13.2 Å². The predicted octanol–water partition coefficient (Wildman–Crippen LogP) is 3.61. The van der Waals surface area contributed by atoms with Crippen LogP contribution in [0, 0.1) is 0 Å². The van der Waals surface area contributed by atoms with Crippen molar-refractivity contribution in [1.29, 1.82) is 0 Å². The number of phenolic OH excluding ortho intramolecular Hbond substituents is 1. The first kappa shape index (κ1) is 25.6. The lowest BCUT2D eigenvalue weighted by molar-refractivity contribution is -0.152. The van der Waals surface area contributed by atoms with Crippen molar-refractivity contribution in [2.75, 3.05) is 6.54 Å². The average molecular weight is 546 g/mol. The van der Waals surface area contributed by atoms with Crippen LogP contribution in [0.25, 0.3) is 22.1 Å². The van der Waals surface area contributed by atoms with Crippen molar-refractivity contribution in [3.05, 3.63) is 63.0 Å². The molecule has 178 valence electrons. The number of likely N-dealkylation sites (tertiary alicyclic amines) is 1. The number of rotatable bonds is 4. The van der Waals surface area contributed by atoms with Gasteiger partial charge in [-0.05, 0) is 55.6 Å². The minimum Gasteiger partial charge on any atom is -1.00 e. The predicted molar refractivity (Wildman–Crippen MR) is 118 cm³/mol. The average Bonchev–Trinajstić information content (AvgIpc) is 2.76. The molecule has 0 aliphatic carbocycles. The van der Waals surface area contributed by atoms with Crippen molar-refractivity contribution in [1.82, 2.24) is 4.90 Å². The number of halogens is 5. The number of alkyl halides is 3. The smallest absolute Gasteiger partial charge is 0.450 e. The van der Waals surface area contributed by atoms with E-state index in [2.05, 4.69) is 11.8 Å². The third-order valence-corrected chi connectivity index (χ3v) is 6.36. The summed E-state index contributed by atoms with van der Waals surface area (Å²) >= 11 is 5.86. The zero-order chi connectivity index (χ0) is 23.0. The SMILES string of the molecule is CCC1CCCCN1Cc1c(O)ccc2c(=O)c(-c3ccc(Cl)cc3)c(C(F)(F)F)oc12.[Br-]. The van der Waals surface area contributed by atoms with Crippen LogP contribution in [0.5, 0.6) is 5.75 Å². The van der Waals surface area contributed by atoms with Crippen molar-refractivity contribution >= 4 is 22.6 Å². The van der Waals surface area contributed by atoms with Gasteiger partial charge in [-0.1, -0.05) is 37.1 Å². The molecule has 3 aromatic rings. The van der Waals surface area contributed by atoms with Crippen molar-refractivity contribution in [2.45, 2.75) is 51.4 Å². The fourth-order valence-electron chi connectivity index (χ4n) is 4.47. The van der Waals surface area contributed by atoms with Gasteiger partial charge in [-0.2, -0.15) is 13.2 Å². The highest BCUT2D eigenvalue weighted by molar-refractivity contribution is 6.30. The number of phenols is 1. The monoisotopic (exact) mass is 544 g/mol. The first-order valence-corrected chi connectivity index (χ1v) is 11.0. The number of piperidine rings is 1. The van der Waals surface area contributed by atoms with Gasteiger partial charge in [0.05, 0.1) is 16.5 Å². The van der Waals surface area contributed by atoms with Gasteiger partial charge in [-0.3, -0.25) is 9.69 Å². The summed E-state index contributed by atoms with van der Waals surface area (Å²) in [6.07, 6.45) is -0.957. The van der Waals surface area contributed by atoms with Crippen LogP contribution < -0.4 is 22.4 Å². The number of benzene rings is 2. The Bertz CT molecular complexity index is 1190. The van der Waals surface area contributed by atoms with E-state index in [1.807, 2.05) is 0 Å². The van der Waals surface area contributed by atoms with E-state index in [0.717, 1.165) is 32.2 Å². The topological polar surface area (TPSA) is 53.7 Å². The Kier molecular flexibility index (Phi) is 7.81. The second kappa shape index (κ2) is 10.1. The molecule has 2 heterocycles. The Morgan fingerprint density at radius 3 is 2.48 bits per heavy atom. The molecule has 4 rings (SSSR count). The highest BCUT2D eigenvalue weighted by Crippen LogP contribution is 2.40. The van der Waals surface area contributed by atoms with Crippen molar-refractivity contribution < 1.29 is 39.7 Å². The van der Waals surface area contributed by atoms with Crippen LogP contribution in [0.2, 0.25) is 5.02 Å². The Balaban J connectivity index is 0.00000306. The number of fused-ring (bicyclic) bond motifs is 1. The normalized spacial score (nSPS) is 17.2. The fraction of sp³-hybridized carbons (Fsp3) is 0.375. The summed E-state index contributed by atoms with van der Waals surface area (Å²) in [6.45, 7) is 3.04. The quantitative estimate of drug-likeness (QED) is 0.544. The Morgan fingerprint density at radius 2 is 1.85 bits per heavy atom. The molecule has 0 amide bonds. The molecule has 1 fully saturated rings. The summed E-state index contributed by atoms with van der Waals surface area (Å²) in [5, 5.41) is 10.9. The molecule has 0 saturated carbocycles. The summed E-state index contributed by atoms with van der Waals surface area (Å²) in [7, 11) is 0. The minimum atomic E-state index is -4.90. The maximum Gasteiger partial charge on any atom is 0.450 e. The standard InChI is InChI=1S/C24H23ClF3NO3.BrH/c1-2-16-5-3-4-12-29(16)13-18-19(30)11-10-17-21(31)20(14-6-8-15(25)9-7-14)23(24(26,27)28)32-22(17)18;/h6-11,16,30H,2-5,12-13H2,1H3;1H/p-1. The molecular formula is C24H23BrClF3NO3-. The van der Waals surface area contributed by atoms with Gasteiger partial charge in [0.25, 0.3) is 0 Å². The molecule has 1 saturated heterocycles. The van der Waals surface area contributed by atoms with Crippen LogP contribution in [0.15, 0.2) is 45.6 Å². The number of hydrogen-bond donors (Lipinski definition) is 1. The van der Waals surface area contributed by atoms with Gasteiger partial charge in [-0.15, -0.1) is 0 Å². The molecular weight excluding hydrogens is 523 g/mol. The maximum atomic E-state index is 14.0. The van der Waals surface area contributed by atoms with E-state index in [1.165, 1.54) is 36.4 Å². The molecule has 1 aliphatic heterocycles. The van der Waals surface area contributed by atoms with Gasteiger partial charge in [0.15, 0.2) is 0 Å². The molecule has 4 nitrogen and oxygen atoms in total. The Hall–Kier alpha value is -2.03. The Labute approximate surface area is 204 Å². The van der Waals surface area contributed by atoms with Crippen LogP contribution in [0.3, 0.4) is 0 Å². The third-order valence-electron chi connectivity index (χ3n) is 6.11. The van der Waals surface area contributed by atoms with E-state index in [9.17, 15) is 23.1 Å². The van der Waals surface area contributed by atoms with E-state index in [1.54, 1.807) is 0 Å². The molecule has 1 unspecified atom stereocenters. The highest BCUT2D eigenvalue weighted by Gasteiger charge is 2.40. The molecule has 0 spiro atoms. The largest absolute Gasteiger partial charge is 1.00 e. The summed E-state index contributed by atoms with van der Waals surface area (Å²) in [5.74, 6) is -1.57. The molecule has 33 heavy (non-hydrogen) atoms. The van der Waals surface area contributed by atoms with Gasteiger partial charge >= 0.3 is 6.18 Å². The van der Waals surface area contributed by atoms with Gasteiger partial charge < -0.3 is 26.5 Å². The summed E-state index contributed by atoms with van der Waals surface area (Å²) in [6, 6.07) is 8.48. The van der Waals surface area contributed by atoms with Crippen molar-refractivity contribution in [3.63, 3.8) is 0 Å². The van der Waals surface area contributed by atoms with Crippen LogP contribution in [-0.4, -0.2) is 22.6 Å². The lowest BCUT2D eigenvalue weighted by atomic mass is 9.97. The molecule has 0 radical (unpaired) electrons. The number of hydrogen-bond acceptors (Lipinski definition) is 4. The third kappa shape index (κ3) is 5.08. The van der Waals surface area contributed by atoms with E-state index in [0.29, 0.717) is 5.02 Å². The number of nitrogens with zero attached hydrogens (tertiary/aromatic N) is 1. The molecule has 1 N–H and O–H groups in total. The van der Waals surface area contributed by atoms with Gasteiger partial charge in [0.2, 0.25) is 11.2 Å². The molecule has 1 aromatic heterocycles. The highest BCUT2D eigenvalue weighted by atomic mass is 79.9. The molecule has 1 atom stereocenters. The fourth-order valence-corrected chi connectivity index (χ4v) is 4.59. The Morgan fingerprint density at radius 1 is 1.15 bits per heavy atom. The first-order chi connectivity index (χ1) is 15.2. The minimum absolute atomic E-state index is 0. The van der Waals surface area contributed by atoms with Crippen LogP contribution >= 0.6 is 11.6 Å². The van der Waals surface area contributed by atoms with Gasteiger partial charge in [0.1, 0.15) is 11.3 Å². The molecule has 1 aliphatic rings. The summed E-state index contributed by atoms with van der Waals surface area (Å²) in [5.41, 5.74) is -1.32. The number of aromatic hydroxyl groups is 1. The lowest BCUT2D eigenvalue weighted by Crippen LogP contribution is -3.00. The van der Waals surface area contributed by atoms with Crippen molar-refractivity contribution in [3.8, 4) is 16.9 Å². The van der Waals surface area contributed by atoms with Gasteiger partial charge in [0, 0.05) is 17.6 Å². The summed E-state index contributed by atoms with van der Waals surface area (Å²) in [4.78, 5) is 15.4. The summed E-state index contributed by atoms with van der Waals surface area (Å²) < 4.78 is 47.4. The van der Waals surface area contributed by atoms with E-state index in [-0.39, 0.29) is 57.4 Å². The second-order valence-electron chi connectivity index (χ2n) is 8.11. The molecule has 2 aromatic carbocycles. The zero-order valence-corrected chi connectivity index (χ0v) is 20.2. The zero-order valence-electron chi connectivity index (χ0n) is 17.9. The first-order valence-electron chi connectivity index (χ1n) is 10.6. The van der Waals surface area contributed by atoms with Crippen molar-refractivity contribution in [2.24, 2.45) is 0 Å². The van der Waals surface area contributed by atoms with E-state index < -0.39 is 22.9 Å².